The highest BCUT2D eigenvalue weighted by Gasteiger charge is 2.35. The summed E-state index contributed by atoms with van der Waals surface area (Å²) >= 11 is 0. The van der Waals surface area contributed by atoms with Crippen molar-refractivity contribution < 1.29 is 9.53 Å². The third-order valence-corrected chi connectivity index (χ3v) is 3.85. The predicted molar refractivity (Wildman–Crippen MR) is 84.0 cm³/mol. The van der Waals surface area contributed by atoms with Crippen LogP contribution in [-0.2, 0) is 11.3 Å². The maximum Gasteiger partial charge on any atom is 0.240 e. The first-order valence-electron chi connectivity index (χ1n) is 7.71. The molecule has 0 unspecified atom stereocenters. The van der Waals surface area contributed by atoms with Crippen LogP contribution in [0.1, 0.15) is 38.7 Å². The van der Waals surface area contributed by atoms with Crippen molar-refractivity contribution in [1.29, 1.82) is 0 Å². The Morgan fingerprint density at radius 3 is 2.62 bits per heavy atom. The van der Waals surface area contributed by atoms with Gasteiger partial charge in [0.05, 0.1) is 13.2 Å². The summed E-state index contributed by atoms with van der Waals surface area (Å²) in [6, 6.07) is 7.80. The first-order valence-corrected chi connectivity index (χ1v) is 7.71. The van der Waals surface area contributed by atoms with Crippen molar-refractivity contribution in [3.8, 4) is 5.75 Å². The van der Waals surface area contributed by atoms with Crippen molar-refractivity contribution >= 4 is 5.91 Å². The maximum absolute atomic E-state index is 12.6. The SMILES string of the molecule is COc1ccccc1CN(C(=O)[C@@H](N)CC(C)C)C1CC1. The molecule has 2 N–H and O–H groups in total. The molecule has 116 valence electrons. The smallest absolute Gasteiger partial charge is 0.240 e. The summed E-state index contributed by atoms with van der Waals surface area (Å²) in [6.07, 6.45) is 2.89. The number of nitrogens with zero attached hydrogens (tertiary/aromatic N) is 1. The van der Waals surface area contributed by atoms with Gasteiger partial charge in [0.25, 0.3) is 0 Å². The van der Waals surface area contributed by atoms with E-state index in [0.29, 0.717) is 18.5 Å². The first kappa shape index (κ1) is 15.8. The minimum Gasteiger partial charge on any atom is -0.496 e. The number of ether oxygens (including phenoxy) is 1. The average molecular weight is 290 g/mol. The Bertz CT molecular complexity index is 483. The molecule has 0 heterocycles. The number of hydrogen-bond acceptors (Lipinski definition) is 3. The van der Waals surface area contributed by atoms with Crippen LogP contribution in [-0.4, -0.2) is 30.0 Å². The van der Waals surface area contributed by atoms with E-state index in [-0.39, 0.29) is 5.91 Å². The topological polar surface area (TPSA) is 55.6 Å². The molecule has 0 aliphatic heterocycles. The summed E-state index contributed by atoms with van der Waals surface area (Å²) in [5.41, 5.74) is 7.13. The van der Waals surface area contributed by atoms with Crippen LogP contribution in [0.25, 0.3) is 0 Å². The summed E-state index contributed by atoms with van der Waals surface area (Å²) in [5.74, 6) is 1.32. The lowest BCUT2D eigenvalue weighted by Crippen LogP contribution is -2.45. The van der Waals surface area contributed by atoms with E-state index in [1.165, 1.54) is 0 Å². The summed E-state index contributed by atoms with van der Waals surface area (Å²) in [6.45, 7) is 4.77. The van der Waals surface area contributed by atoms with Crippen LogP contribution in [0.3, 0.4) is 0 Å². The molecule has 1 atom stereocenters. The number of nitrogens with two attached hydrogens (primary N) is 1. The molecule has 0 saturated heterocycles. The number of rotatable bonds is 7. The Morgan fingerprint density at radius 1 is 1.38 bits per heavy atom. The molecular weight excluding hydrogens is 264 g/mol. The van der Waals surface area contributed by atoms with E-state index in [4.69, 9.17) is 10.5 Å². The lowest BCUT2D eigenvalue weighted by atomic mass is 10.0. The normalized spacial score (nSPS) is 15.9. The molecule has 2 rings (SSSR count). The van der Waals surface area contributed by atoms with Crippen molar-refractivity contribution in [2.24, 2.45) is 11.7 Å². The largest absolute Gasteiger partial charge is 0.496 e. The first-order chi connectivity index (χ1) is 10.0. The number of methoxy groups -OCH3 is 1. The van der Waals surface area contributed by atoms with E-state index >= 15 is 0 Å². The molecule has 4 heteroatoms. The van der Waals surface area contributed by atoms with E-state index in [1.54, 1.807) is 7.11 Å². The Labute approximate surface area is 127 Å². The lowest BCUT2D eigenvalue weighted by Gasteiger charge is -2.27. The number of amides is 1. The van der Waals surface area contributed by atoms with Crippen molar-refractivity contribution in [1.82, 2.24) is 4.90 Å². The van der Waals surface area contributed by atoms with Gasteiger partial charge >= 0.3 is 0 Å². The van der Waals surface area contributed by atoms with Gasteiger partial charge in [0.15, 0.2) is 0 Å². The zero-order valence-electron chi connectivity index (χ0n) is 13.2. The molecule has 1 amide bonds. The van der Waals surface area contributed by atoms with Crippen molar-refractivity contribution in [2.75, 3.05) is 7.11 Å². The molecular formula is C17H26N2O2. The van der Waals surface area contributed by atoms with E-state index in [9.17, 15) is 4.79 Å². The Balaban J connectivity index is 2.10. The second-order valence-corrected chi connectivity index (χ2v) is 6.25. The molecule has 0 spiro atoms. The summed E-state index contributed by atoms with van der Waals surface area (Å²) in [4.78, 5) is 14.6. The third kappa shape index (κ3) is 4.21. The Kier molecular flexibility index (Phi) is 5.23. The van der Waals surface area contributed by atoms with E-state index < -0.39 is 6.04 Å². The predicted octanol–water partition coefficient (Wildman–Crippen LogP) is 2.56. The van der Waals surface area contributed by atoms with Crippen LogP contribution in [0, 0.1) is 5.92 Å². The zero-order valence-corrected chi connectivity index (χ0v) is 13.2. The fourth-order valence-corrected chi connectivity index (χ4v) is 2.61. The van der Waals surface area contributed by atoms with Gasteiger partial charge in [-0.3, -0.25) is 4.79 Å². The van der Waals surface area contributed by atoms with Gasteiger partial charge in [-0.05, 0) is 31.2 Å². The molecule has 1 saturated carbocycles. The Morgan fingerprint density at radius 2 is 2.05 bits per heavy atom. The Hall–Kier alpha value is -1.55. The lowest BCUT2D eigenvalue weighted by molar-refractivity contribution is -0.134. The highest BCUT2D eigenvalue weighted by Crippen LogP contribution is 2.31. The van der Waals surface area contributed by atoms with Crippen molar-refractivity contribution in [3.63, 3.8) is 0 Å². The molecule has 0 radical (unpaired) electrons. The molecule has 0 aromatic heterocycles. The second kappa shape index (κ2) is 6.94. The standard InChI is InChI=1S/C17H26N2O2/c1-12(2)10-15(18)17(20)19(14-8-9-14)11-13-6-4-5-7-16(13)21-3/h4-7,12,14-15H,8-11,18H2,1-3H3/t15-/m0/s1. The third-order valence-electron chi connectivity index (χ3n) is 3.85. The second-order valence-electron chi connectivity index (χ2n) is 6.25. The molecule has 21 heavy (non-hydrogen) atoms. The highest BCUT2D eigenvalue weighted by atomic mass is 16.5. The molecule has 1 aliphatic rings. The number of carbonyl (C=O) groups is 1. The minimum atomic E-state index is -0.402. The monoisotopic (exact) mass is 290 g/mol. The zero-order chi connectivity index (χ0) is 15.4. The molecule has 1 fully saturated rings. The maximum atomic E-state index is 12.6. The van der Waals surface area contributed by atoms with E-state index in [0.717, 1.165) is 30.6 Å². The van der Waals surface area contributed by atoms with E-state index in [1.807, 2.05) is 29.2 Å². The molecule has 1 aliphatic carbocycles. The number of hydrogen-bond donors (Lipinski definition) is 1. The van der Waals surface area contributed by atoms with Gasteiger partial charge in [-0.2, -0.15) is 0 Å². The van der Waals surface area contributed by atoms with Crippen LogP contribution in [0.5, 0.6) is 5.75 Å². The van der Waals surface area contributed by atoms with Crippen LogP contribution < -0.4 is 10.5 Å². The highest BCUT2D eigenvalue weighted by molar-refractivity contribution is 5.82. The number of carbonyl (C=O) groups excluding carboxylic acids is 1. The van der Waals surface area contributed by atoms with Crippen LogP contribution in [0.15, 0.2) is 24.3 Å². The van der Waals surface area contributed by atoms with Gasteiger partial charge in [0.2, 0.25) is 5.91 Å². The van der Waals surface area contributed by atoms with Gasteiger partial charge in [0.1, 0.15) is 5.75 Å². The fourth-order valence-electron chi connectivity index (χ4n) is 2.61. The van der Waals surface area contributed by atoms with Crippen molar-refractivity contribution in [3.05, 3.63) is 29.8 Å². The summed E-state index contributed by atoms with van der Waals surface area (Å²) in [7, 11) is 1.66. The van der Waals surface area contributed by atoms with Gasteiger partial charge in [-0.1, -0.05) is 32.0 Å². The quantitative estimate of drug-likeness (QED) is 0.839. The molecule has 1 aromatic rings. The van der Waals surface area contributed by atoms with Gasteiger partial charge in [-0.15, -0.1) is 0 Å². The van der Waals surface area contributed by atoms with Gasteiger partial charge in [-0.25, -0.2) is 0 Å². The van der Waals surface area contributed by atoms with E-state index in [2.05, 4.69) is 13.8 Å². The van der Waals surface area contributed by atoms with Crippen LogP contribution >= 0.6 is 0 Å². The minimum absolute atomic E-state index is 0.0668. The number of benzene rings is 1. The molecule has 1 aromatic carbocycles. The van der Waals surface area contributed by atoms with Crippen molar-refractivity contribution in [2.45, 2.75) is 51.7 Å². The molecule has 0 bridgehead atoms. The molecule has 4 nitrogen and oxygen atoms in total. The van der Waals surface area contributed by atoms with Crippen LogP contribution in [0.2, 0.25) is 0 Å². The summed E-state index contributed by atoms with van der Waals surface area (Å²) < 4.78 is 5.38. The van der Waals surface area contributed by atoms with Gasteiger partial charge in [0, 0.05) is 18.2 Å². The average Bonchev–Trinajstić information content (AvgIpc) is 3.28. The summed E-state index contributed by atoms with van der Waals surface area (Å²) in [5, 5.41) is 0. The number of para-hydroxylation sites is 1. The fraction of sp³-hybridized carbons (Fsp3) is 0.588. The van der Waals surface area contributed by atoms with Crippen LogP contribution in [0.4, 0.5) is 0 Å². The van der Waals surface area contributed by atoms with Gasteiger partial charge < -0.3 is 15.4 Å².